The molecule has 3 amide bonds. The number of nitrogens with zero attached hydrogens (tertiary/aromatic N) is 1. The molecule has 0 saturated heterocycles. The number of aliphatic hydroxyl groups excluding tert-OH is 1. The lowest BCUT2D eigenvalue weighted by molar-refractivity contribution is -0.143. The molecule has 0 rings (SSSR count). The predicted molar refractivity (Wildman–Crippen MR) is 128 cm³/mol. The van der Waals surface area contributed by atoms with Gasteiger partial charge in [0.05, 0.1) is 18.6 Å². The van der Waals surface area contributed by atoms with Crippen molar-refractivity contribution in [2.75, 3.05) is 18.6 Å². The number of guanidine groups is 1. The second kappa shape index (κ2) is 16.5. The summed E-state index contributed by atoms with van der Waals surface area (Å²) in [4.78, 5) is 63.7. The SMILES string of the molecule is CSCCC(NC(=O)C(N)CC(=O)O)C(=O)NC(C(=O)NC(CCCN=C(N)N)C(=O)O)C(C)O. The predicted octanol–water partition coefficient (Wildman–Crippen LogP) is -3.49. The van der Waals surface area contributed by atoms with Gasteiger partial charge in [-0.25, -0.2) is 4.79 Å². The van der Waals surface area contributed by atoms with E-state index in [1.54, 1.807) is 6.26 Å². The van der Waals surface area contributed by atoms with E-state index in [0.717, 1.165) is 0 Å². The number of carbonyl (C=O) groups excluding carboxylic acids is 3. The number of carboxylic acid groups (broad SMARTS) is 2. The van der Waals surface area contributed by atoms with Gasteiger partial charge < -0.3 is 48.5 Å². The first-order valence-electron chi connectivity index (χ1n) is 10.6. The van der Waals surface area contributed by atoms with E-state index in [4.69, 9.17) is 22.3 Å². The van der Waals surface area contributed by atoms with Crippen LogP contribution < -0.4 is 33.2 Å². The first-order chi connectivity index (χ1) is 16.3. The first kappa shape index (κ1) is 31.9. The number of aliphatic hydroxyl groups is 1. The van der Waals surface area contributed by atoms with Crippen molar-refractivity contribution in [3.63, 3.8) is 0 Å². The lowest BCUT2D eigenvalue weighted by Gasteiger charge is -2.26. The number of nitrogens with one attached hydrogen (secondary N) is 3. The molecule has 15 nitrogen and oxygen atoms in total. The van der Waals surface area contributed by atoms with Gasteiger partial charge in [0, 0.05) is 6.54 Å². The summed E-state index contributed by atoms with van der Waals surface area (Å²) in [7, 11) is 0. The van der Waals surface area contributed by atoms with Crippen molar-refractivity contribution >= 4 is 47.4 Å². The van der Waals surface area contributed by atoms with E-state index < -0.39 is 66.4 Å². The summed E-state index contributed by atoms with van der Waals surface area (Å²) in [5.41, 5.74) is 15.9. The Labute approximate surface area is 206 Å². The van der Waals surface area contributed by atoms with Crippen molar-refractivity contribution in [3.8, 4) is 0 Å². The van der Waals surface area contributed by atoms with E-state index in [1.165, 1.54) is 18.7 Å². The molecule has 16 heteroatoms. The number of rotatable bonds is 17. The molecular weight excluding hydrogens is 486 g/mol. The van der Waals surface area contributed by atoms with Crippen molar-refractivity contribution < 1.29 is 39.3 Å². The molecule has 0 fully saturated rings. The van der Waals surface area contributed by atoms with Gasteiger partial charge in [-0.15, -0.1) is 0 Å². The maximum absolute atomic E-state index is 12.8. The van der Waals surface area contributed by atoms with Crippen LogP contribution in [-0.2, 0) is 24.0 Å². The molecule has 35 heavy (non-hydrogen) atoms. The molecule has 0 radical (unpaired) electrons. The minimum atomic E-state index is -1.54. The number of carbonyl (C=O) groups is 5. The minimum Gasteiger partial charge on any atom is -0.481 e. The number of thioether (sulfide) groups is 1. The summed E-state index contributed by atoms with van der Waals surface area (Å²) in [5, 5.41) is 35.1. The molecular formula is C19H35N7O8S. The van der Waals surface area contributed by atoms with Gasteiger partial charge in [0.1, 0.15) is 18.1 Å². The fourth-order valence-electron chi connectivity index (χ4n) is 2.75. The maximum Gasteiger partial charge on any atom is 0.326 e. The van der Waals surface area contributed by atoms with Gasteiger partial charge in [-0.1, -0.05) is 0 Å². The van der Waals surface area contributed by atoms with Crippen LogP contribution in [0.4, 0.5) is 0 Å². The van der Waals surface area contributed by atoms with Crippen LogP contribution in [0.1, 0.15) is 32.6 Å². The van der Waals surface area contributed by atoms with Crippen LogP contribution in [0.2, 0.25) is 0 Å². The Bertz CT molecular complexity index is 776. The molecule has 0 aromatic rings. The Morgan fingerprint density at radius 1 is 0.943 bits per heavy atom. The number of aliphatic carboxylic acids is 2. The van der Waals surface area contributed by atoms with Gasteiger partial charge in [-0.2, -0.15) is 11.8 Å². The van der Waals surface area contributed by atoms with Gasteiger partial charge in [0.2, 0.25) is 17.7 Å². The summed E-state index contributed by atoms with van der Waals surface area (Å²) < 4.78 is 0. The van der Waals surface area contributed by atoms with E-state index in [2.05, 4.69) is 20.9 Å². The van der Waals surface area contributed by atoms with Crippen molar-refractivity contribution in [1.29, 1.82) is 0 Å². The monoisotopic (exact) mass is 521 g/mol. The molecule has 0 spiro atoms. The summed E-state index contributed by atoms with van der Waals surface area (Å²) in [6, 6.07) is -5.46. The first-order valence-corrected chi connectivity index (χ1v) is 12.0. The summed E-state index contributed by atoms with van der Waals surface area (Å²) in [5.74, 6) is -5.04. The third-order valence-electron chi connectivity index (χ3n) is 4.60. The molecule has 0 saturated carbocycles. The minimum absolute atomic E-state index is 0.0216. The second-order valence-corrected chi connectivity index (χ2v) is 8.61. The van der Waals surface area contributed by atoms with Crippen LogP contribution in [-0.4, -0.2) is 99.8 Å². The van der Waals surface area contributed by atoms with Gasteiger partial charge in [-0.3, -0.25) is 24.2 Å². The van der Waals surface area contributed by atoms with Crippen molar-refractivity contribution in [3.05, 3.63) is 0 Å². The number of hydrogen-bond donors (Lipinski definition) is 9. The van der Waals surface area contributed by atoms with Crippen LogP contribution in [0.5, 0.6) is 0 Å². The van der Waals surface area contributed by atoms with Crippen LogP contribution in [0.25, 0.3) is 0 Å². The molecule has 0 heterocycles. The normalized spacial score (nSPS) is 15.0. The molecule has 0 aromatic carbocycles. The quantitative estimate of drug-likeness (QED) is 0.0512. The summed E-state index contributed by atoms with van der Waals surface area (Å²) in [6.45, 7) is 1.36. The summed E-state index contributed by atoms with van der Waals surface area (Å²) in [6.07, 6.45) is 0.0299. The van der Waals surface area contributed by atoms with E-state index in [0.29, 0.717) is 5.75 Å². The number of amides is 3. The molecule has 0 aliphatic rings. The Hall–Kier alpha value is -3.11. The maximum atomic E-state index is 12.8. The highest BCUT2D eigenvalue weighted by molar-refractivity contribution is 7.98. The third kappa shape index (κ3) is 13.4. The highest BCUT2D eigenvalue weighted by atomic mass is 32.2. The topological polar surface area (TPSA) is 273 Å². The zero-order valence-electron chi connectivity index (χ0n) is 19.6. The molecule has 0 bridgehead atoms. The number of carboxylic acids is 2. The average molecular weight is 522 g/mol. The van der Waals surface area contributed by atoms with E-state index in [-0.39, 0.29) is 31.8 Å². The molecule has 200 valence electrons. The fourth-order valence-corrected chi connectivity index (χ4v) is 3.22. The standard InChI is InChI=1S/C19H35N7O8S/c1-9(27)14(17(32)25-12(18(33)34)4-3-6-23-19(21)22)26-16(31)11(5-7-35-2)24-15(30)10(20)8-13(28)29/h9-12,14,27H,3-8,20H2,1-2H3,(H,24,30)(H,25,32)(H,26,31)(H,28,29)(H,33,34)(H4,21,22,23). The highest BCUT2D eigenvalue weighted by Crippen LogP contribution is 2.05. The van der Waals surface area contributed by atoms with E-state index >= 15 is 0 Å². The Morgan fingerprint density at radius 3 is 2.03 bits per heavy atom. The van der Waals surface area contributed by atoms with E-state index in [9.17, 15) is 34.2 Å². The molecule has 0 aliphatic carbocycles. The average Bonchev–Trinajstić information content (AvgIpc) is 2.75. The Kier molecular flexibility index (Phi) is 15.0. The lowest BCUT2D eigenvalue weighted by atomic mass is 10.1. The molecule has 5 atom stereocenters. The number of nitrogens with two attached hydrogens (primary N) is 3. The largest absolute Gasteiger partial charge is 0.481 e. The molecule has 0 aliphatic heterocycles. The molecule has 12 N–H and O–H groups in total. The van der Waals surface area contributed by atoms with Crippen molar-refractivity contribution in [1.82, 2.24) is 16.0 Å². The van der Waals surface area contributed by atoms with Crippen LogP contribution in [0.3, 0.4) is 0 Å². The van der Waals surface area contributed by atoms with Crippen molar-refractivity contribution in [2.45, 2.75) is 62.9 Å². The Balaban J connectivity index is 5.34. The van der Waals surface area contributed by atoms with E-state index in [1.807, 2.05) is 0 Å². The summed E-state index contributed by atoms with van der Waals surface area (Å²) >= 11 is 1.37. The number of aliphatic imine (C=N–C) groups is 1. The highest BCUT2D eigenvalue weighted by Gasteiger charge is 2.32. The van der Waals surface area contributed by atoms with Gasteiger partial charge in [0.25, 0.3) is 0 Å². The zero-order valence-corrected chi connectivity index (χ0v) is 20.4. The van der Waals surface area contributed by atoms with Gasteiger partial charge in [-0.05, 0) is 38.2 Å². The number of hydrogen-bond acceptors (Lipinski definition) is 9. The molecule has 0 aromatic heterocycles. The fraction of sp³-hybridized carbons (Fsp3) is 0.684. The van der Waals surface area contributed by atoms with Gasteiger partial charge >= 0.3 is 11.9 Å². The zero-order chi connectivity index (χ0) is 27.1. The van der Waals surface area contributed by atoms with Gasteiger partial charge in [0.15, 0.2) is 5.96 Å². The van der Waals surface area contributed by atoms with Crippen LogP contribution in [0.15, 0.2) is 4.99 Å². The van der Waals surface area contributed by atoms with Crippen LogP contribution >= 0.6 is 11.8 Å². The second-order valence-electron chi connectivity index (χ2n) is 7.62. The third-order valence-corrected chi connectivity index (χ3v) is 5.24. The molecule has 5 unspecified atom stereocenters. The van der Waals surface area contributed by atoms with Crippen molar-refractivity contribution in [2.24, 2.45) is 22.2 Å². The Morgan fingerprint density at radius 2 is 1.54 bits per heavy atom. The van der Waals surface area contributed by atoms with Crippen LogP contribution in [0, 0.1) is 0 Å². The smallest absolute Gasteiger partial charge is 0.326 e. The lowest BCUT2D eigenvalue weighted by Crippen LogP contribution is -2.60.